The molecule has 24 heavy (non-hydrogen) atoms. The van der Waals surface area contributed by atoms with Gasteiger partial charge in [-0.25, -0.2) is 4.39 Å². The highest BCUT2D eigenvalue weighted by Gasteiger charge is 2.22. The van der Waals surface area contributed by atoms with Gasteiger partial charge in [0.15, 0.2) is 0 Å². The summed E-state index contributed by atoms with van der Waals surface area (Å²) in [5, 5.41) is 10.3. The smallest absolute Gasteiger partial charge is 0.127 e. The highest BCUT2D eigenvalue weighted by molar-refractivity contribution is 5.17. The molecule has 5 heteroatoms. The first kappa shape index (κ1) is 19.3. The van der Waals surface area contributed by atoms with Gasteiger partial charge in [0.1, 0.15) is 5.82 Å². The largest absolute Gasteiger partial charge is 0.389 e. The number of nitrogens with zero attached hydrogens (tertiary/aromatic N) is 1. The van der Waals surface area contributed by atoms with Crippen LogP contribution in [0.1, 0.15) is 32.3 Å². The van der Waals surface area contributed by atoms with Crippen molar-refractivity contribution in [1.29, 1.82) is 0 Å². The third-order valence-electron chi connectivity index (χ3n) is 4.07. The van der Waals surface area contributed by atoms with Crippen molar-refractivity contribution in [2.45, 2.75) is 45.4 Å². The van der Waals surface area contributed by atoms with Crippen LogP contribution < -0.4 is 0 Å². The molecular weight excluding hydrogens is 309 g/mol. The predicted molar refractivity (Wildman–Crippen MR) is 92.3 cm³/mol. The maximum Gasteiger partial charge on any atom is 0.127 e. The first-order valence-corrected chi connectivity index (χ1v) is 8.87. The van der Waals surface area contributed by atoms with Crippen molar-refractivity contribution in [3.05, 3.63) is 35.6 Å². The second-order valence-electron chi connectivity index (χ2n) is 7.01. The fourth-order valence-electron chi connectivity index (χ4n) is 2.94. The first-order chi connectivity index (χ1) is 11.5. The van der Waals surface area contributed by atoms with Gasteiger partial charge < -0.3 is 14.6 Å². The molecule has 0 unspecified atom stereocenters. The summed E-state index contributed by atoms with van der Waals surface area (Å²) < 4.78 is 25.2. The molecule has 1 aliphatic heterocycles. The topological polar surface area (TPSA) is 41.9 Å². The lowest BCUT2D eigenvalue weighted by molar-refractivity contribution is -0.00410. The minimum Gasteiger partial charge on any atom is -0.389 e. The van der Waals surface area contributed by atoms with Crippen LogP contribution in [0.3, 0.4) is 0 Å². The van der Waals surface area contributed by atoms with Gasteiger partial charge in [-0.1, -0.05) is 32.0 Å². The Balaban J connectivity index is 1.90. The molecule has 2 atom stereocenters. The molecule has 2 rings (SSSR count). The number of halogens is 1. The van der Waals surface area contributed by atoms with E-state index in [0.29, 0.717) is 44.3 Å². The Labute approximate surface area is 144 Å². The van der Waals surface area contributed by atoms with E-state index >= 15 is 0 Å². The van der Waals surface area contributed by atoms with Gasteiger partial charge in [-0.15, -0.1) is 0 Å². The van der Waals surface area contributed by atoms with E-state index < -0.39 is 6.10 Å². The summed E-state index contributed by atoms with van der Waals surface area (Å²) >= 11 is 0. The summed E-state index contributed by atoms with van der Waals surface area (Å²) in [4.78, 5) is 2.07. The van der Waals surface area contributed by atoms with Gasteiger partial charge in [-0.3, -0.25) is 4.90 Å². The number of ether oxygens (including phenoxy) is 2. The molecule has 1 heterocycles. The monoisotopic (exact) mass is 339 g/mol. The lowest BCUT2D eigenvalue weighted by Crippen LogP contribution is -2.39. The standard InChI is InChI=1S/C19H30FNO3/c1-15(2)13-23-14-17(22)11-21(12-18-7-5-9-24-18)10-16-6-3-4-8-19(16)20/h3-4,6,8,15,17-18,22H,5,7,9-14H2,1-2H3/t17-,18+/m0/s1. The molecule has 1 saturated heterocycles. The van der Waals surface area contributed by atoms with E-state index in [1.807, 2.05) is 6.07 Å². The third-order valence-corrected chi connectivity index (χ3v) is 4.07. The average Bonchev–Trinajstić information content (AvgIpc) is 3.02. The van der Waals surface area contributed by atoms with Crippen LogP contribution in [0.5, 0.6) is 0 Å². The second kappa shape index (κ2) is 10.1. The van der Waals surface area contributed by atoms with Gasteiger partial charge in [0, 0.05) is 38.4 Å². The van der Waals surface area contributed by atoms with E-state index in [2.05, 4.69) is 18.7 Å². The lowest BCUT2D eigenvalue weighted by atomic mass is 10.1. The van der Waals surface area contributed by atoms with Crippen LogP contribution in [0.2, 0.25) is 0 Å². The Kier molecular flexibility index (Phi) is 8.12. The van der Waals surface area contributed by atoms with Crippen molar-refractivity contribution in [3.8, 4) is 0 Å². The quantitative estimate of drug-likeness (QED) is 0.712. The van der Waals surface area contributed by atoms with Crippen LogP contribution in [0.4, 0.5) is 4.39 Å². The van der Waals surface area contributed by atoms with Crippen LogP contribution in [0.15, 0.2) is 24.3 Å². The van der Waals surface area contributed by atoms with E-state index in [0.717, 1.165) is 19.4 Å². The molecule has 0 aromatic heterocycles. The van der Waals surface area contributed by atoms with Gasteiger partial charge in [0.05, 0.1) is 18.8 Å². The highest BCUT2D eigenvalue weighted by atomic mass is 19.1. The van der Waals surface area contributed by atoms with Crippen molar-refractivity contribution in [2.24, 2.45) is 5.92 Å². The van der Waals surface area contributed by atoms with E-state index in [4.69, 9.17) is 9.47 Å². The van der Waals surface area contributed by atoms with Gasteiger partial charge in [-0.2, -0.15) is 0 Å². The van der Waals surface area contributed by atoms with Gasteiger partial charge >= 0.3 is 0 Å². The molecule has 1 N–H and O–H groups in total. The first-order valence-electron chi connectivity index (χ1n) is 8.87. The third kappa shape index (κ3) is 6.85. The molecule has 1 fully saturated rings. The number of benzene rings is 1. The zero-order valence-corrected chi connectivity index (χ0v) is 14.8. The van der Waals surface area contributed by atoms with Gasteiger partial charge in [-0.05, 0) is 24.8 Å². The Hall–Kier alpha value is -1.01. The molecule has 0 aliphatic carbocycles. The fraction of sp³-hybridized carbons (Fsp3) is 0.684. The second-order valence-corrected chi connectivity index (χ2v) is 7.01. The summed E-state index contributed by atoms with van der Waals surface area (Å²) in [5.74, 6) is 0.235. The SMILES string of the molecule is CC(C)COC[C@@H](O)CN(Cc1ccccc1F)C[C@H]1CCCO1. The molecule has 0 amide bonds. The molecule has 1 aromatic rings. The number of aliphatic hydroxyl groups is 1. The normalized spacial score (nSPS) is 19.3. The van der Waals surface area contributed by atoms with Crippen molar-refractivity contribution >= 4 is 0 Å². The highest BCUT2D eigenvalue weighted by Crippen LogP contribution is 2.16. The predicted octanol–water partition coefficient (Wildman–Crippen LogP) is 2.84. The van der Waals surface area contributed by atoms with Crippen LogP contribution in [-0.2, 0) is 16.0 Å². The Morgan fingerprint density at radius 2 is 2.12 bits per heavy atom. The molecule has 0 saturated carbocycles. The van der Waals surface area contributed by atoms with Crippen LogP contribution in [0, 0.1) is 11.7 Å². The molecule has 4 nitrogen and oxygen atoms in total. The molecule has 1 aliphatic rings. The van der Waals surface area contributed by atoms with E-state index in [1.165, 1.54) is 6.07 Å². The maximum atomic E-state index is 13.9. The maximum absolute atomic E-state index is 13.9. The number of aliphatic hydroxyl groups excluding tert-OH is 1. The van der Waals surface area contributed by atoms with Crippen molar-refractivity contribution in [1.82, 2.24) is 4.90 Å². The van der Waals surface area contributed by atoms with Gasteiger partial charge in [0.25, 0.3) is 0 Å². The van der Waals surface area contributed by atoms with Crippen molar-refractivity contribution in [2.75, 3.05) is 32.9 Å². The molecule has 0 bridgehead atoms. The fourth-order valence-corrected chi connectivity index (χ4v) is 2.94. The van der Waals surface area contributed by atoms with Crippen molar-refractivity contribution < 1.29 is 19.0 Å². The zero-order valence-electron chi connectivity index (χ0n) is 14.8. The van der Waals surface area contributed by atoms with Gasteiger partial charge in [0.2, 0.25) is 0 Å². The number of rotatable bonds is 10. The molecular formula is C19H30FNO3. The average molecular weight is 339 g/mol. The van der Waals surface area contributed by atoms with E-state index in [1.54, 1.807) is 12.1 Å². The lowest BCUT2D eigenvalue weighted by Gasteiger charge is -2.27. The number of hydrogen-bond acceptors (Lipinski definition) is 4. The Morgan fingerprint density at radius 3 is 2.79 bits per heavy atom. The Morgan fingerprint density at radius 1 is 1.33 bits per heavy atom. The Bertz CT molecular complexity index is 477. The zero-order chi connectivity index (χ0) is 17.4. The van der Waals surface area contributed by atoms with Crippen LogP contribution in [-0.4, -0.2) is 55.1 Å². The molecule has 0 radical (unpaired) electrons. The van der Waals surface area contributed by atoms with Crippen molar-refractivity contribution in [3.63, 3.8) is 0 Å². The summed E-state index contributed by atoms with van der Waals surface area (Å²) in [7, 11) is 0. The molecule has 0 spiro atoms. The van der Waals surface area contributed by atoms with Crippen LogP contribution >= 0.6 is 0 Å². The summed E-state index contributed by atoms with van der Waals surface area (Å²) in [6.07, 6.45) is 1.67. The van der Waals surface area contributed by atoms with E-state index in [-0.39, 0.29) is 11.9 Å². The van der Waals surface area contributed by atoms with E-state index in [9.17, 15) is 9.50 Å². The summed E-state index contributed by atoms with van der Waals surface area (Å²) in [6.45, 7) is 7.50. The van der Waals surface area contributed by atoms with Crippen LogP contribution in [0.25, 0.3) is 0 Å². The minimum absolute atomic E-state index is 0.167. The number of hydrogen-bond donors (Lipinski definition) is 1. The molecule has 136 valence electrons. The summed E-state index contributed by atoms with van der Waals surface area (Å²) in [6, 6.07) is 6.80. The molecule has 1 aromatic carbocycles. The minimum atomic E-state index is -0.586. The summed E-state index contributed by atoms with van der Waals surface area (Å²) in [5.41, 5.74) is 0.644.